The summed E-state index contributed by atoms with van der Waals surface area (Å²) in [6.07, 6.45) is 11.9. The Labute approximate surface area is 174 Å². The molecule has 0 aliphatic heterocycles. The molecule has 2 N–H and O–H groups in total. The van der Waals surface area contributed by atoms with Gasteiger partial charge in [-0.15, -0.1) is 0 Å². The zero-order chi connectivity index (χ0) is 20.8. The van der Waals surface area contributed by atoms with Crippen molar-refractivity contribution in [2.45, 2.75) is 84.1 Å². The average molecular weight is 392 g/mol. The Hall–Kier alpha value is -2.54. The lowest BCUT2D eigenvalue weighted by molar-refractivity contribution is 0.1000. The molecule has 0 unspecified atom stereocenters. The van der Waals surface area contributed by atoms with Gasteiger partial charge < -0.3 is 10.3 Å². The van der Waals surface area contributed by atoms with Crippen molar-refractivity contribution in [3.05, 3.63) is 46.8 Å². The molecule has 1 aromatic carbocycles. The van der Waals surface area contributed by atoms with E-state index in [0.717, 1.165) is 36.1 Å². The molecule has 1 fully saturated rings. The number of aromatic nitrogens is 1. The summed E-state index contributed by atoms with van der Waals surface area (Å²) >= 11 is 0. The van der Waals surface area contributed by atoms with E-state index < -0.39 is 0 Å². The van der Waals surface area contributed by atoms with E-state index in [0.29, 0.717) is 17.2 Å². The Kier molecular flexibility index (Phi) is 7.14. The lowest BCUT2D eigenvalue weighted by atomic mass is 9.95. The average Bonchev–Trinajstić information content (AvgIpc) is 2.98. The van der Waals surface area contributed by atoms with Gasteiger partial charge in [0, 0.05) is 23.0 Å². The van der Waals surface area contributed by atoms with E-state index >= 15 is 0 Å². The number of rotatable bonds is 6. The molecule has 4 nitrogen and oxygen atoms in total. The normalized spacial score (nSPS) is 15.5. The van der Waals surface area contributed by atoms with Gasteiger partial charge in [-0.3, -0.25) is 4.79 Å². The molecule has 0 atom stereocenters. The topological polar surface area (TPSA) is 71.8 Å². The van der Waals surface area contributed by atoms with Gasteiger partial charge in [0.2, 0.25) is 0 Å². The van der Waals surface area contributed by atoms with E-state index in [1.54, 1.807) is 0 Å². The molecule has 2 aromatic rings. The van der Waals surface area contributed by atoms with Crippen LogP contribution in [-0.2, 0) is 6.42 Å². The predicted octanol–water partition coefficient (Wildman–Crippen LogP) is 6.06. The SMILES string of the molecule is CCCCc1c(-c2ccc(C#N)cc2)c(C(N)=O)c(C)n1C1CCCCCCC1. The molecule has 0 radical (unpaired) electrons. The van der Waals surface area contributed by atoms with Crippen LogP contribution in [0.1, 0.15) is 98.1 Å². The Morgan fingerprint density at radius 1 is 1.14 bits per heavy atom. The van der Waals surface area contributed by atoms with Crippen LogP contribution >= 0.6 is 0 Å². The number of carbonyl (C=O) groups excluding carboxylic acids is 1. The first-order valence-electron chi connectivity index (χ1n) is 11.1. The number of nitrogens with two attached hydrogens (primary N) is 1. The fourth-order valence-electron chi connectivity index (χ4n) is 4.87. The summed E-state index contributed by atoms with van der Waals surface area (Å²) in [5, 5.41) is 9.15. The van der Waals surface area contributed by atoms with Crippen LogP contribution in [0, 0.1) is 18.3 Å². The van der Waals surface area contributed by atoms with Crippen LogP contribution in [-0.4, -0.2) is 10.5 Å². The van der Waals surface area contributed by atoms with Crippen molar-refractivity contribution in [3.8, 4) is 17.2 Å². The summed E-state index contributed by atoms with van der Waals surface area (Å²) in [5.41, 5.74) is 11.4. The van der Waals surface area contributed by atoms with E-state index in [9.17, 15) is 4.79 Å². The van der Waals surface area contributed by atoms with Crippen molar-refractivity contribution in [2.75, 3.05) is 0 Å². The molecule has 29 heavy (non-hydrogen) atoms. The third-order valence-electron chi connectivity index (χ3n) is 6.31. The predicted molar refractivity (Wildman–Crippen MR) is 118 cm³/mol. The molecule has 1 aliphatic carbocycles. The third kappa shape index (κ3) is 4.56. The van der Waals surface area contributed by atoms with E-state index in [1.807, 2.05) is 24.3 Å². The molecule has 1 aliphatic rings. The Bertz CT molecular complexity index is 878. The zero-order valence-electron chi connectivity index (χ0n) is 17.8. The van der Waals surface area contributed by atoms with Gasteiger partial charge in [-0.1, -0.05) is 57.6 Å². The maximum atomic E-state index is 12.5. The summed E-state index contributed by atoms with van der Waals surface area (Å²) in [6, 6.07) is 10.2. The molecule has 0 bridgehead atoms. The first-order valence-corrected chi connectivity index (χ1v) is 11.1. The highest BCUT2D eigenvalue weighted by atomic mass is 16.1. The lowest BCUT2D eigenvalue weighted by Gasteiger charge is -2.26. The number of primary amides is 1. The minimum absolute atomic E-state index is 0.357. The van der Waals surface area contributed by atoms with Gasteiger partial charge in [0.05, 0.1) is 17.2 Å². The van der Waals surface area contributed by atoms with Gasteiger partial charge in [-0.05, 0) is 50.3 Å². The monoisotopic (exact) mass is 391 g/mol. The highest BCUT2D eigenvalue weighted by Gasteiger charge is 2.28. The second kappa shape index (κ2) is 9.78. The second-order valence-electron chi connectivity index (χ2n) is 8.31. The highest BCUT2D eigenvalue weighted by Crippen LogP contribution is 2.39. The van der Waals surface area contributed by atoms with Crippen LogP contribution < -0.4 is 5.73 Å². The summed E-state index contributed by atoms with van der Waals surface area (Å²) in [4.78, 5) is 12.5. The Morgan fingerprint density at radius 2 is 1.76 bits per heavy atom. The summed E-state index contributed by atoms with van der Waals surface area (Å²) < 4.78 is 2.45. The number of nitriles is 1. The van der Waals surface area contributed by atoms with E-state index in [2.05, 4.69) is 24.5 Å². The van der Waals surface area contributed by atoms with Crippen LogP contribution in [0.25, 0.3) is 11.1 Å². The van der Waals surface area contributed by atoms with Gasteiger partial charge >= 0.3 is 0 Å². The third-order valence-corrected chi connectivity index (χ3v) is 6.31. The quantitative estimate of drug-likeness (QED) is 0.650. The summed E-state index contributed by atoms with van der Waals surface area (Å²) in [6.45, 7) is 4.26. The second-order valence-corrected chi connectivity index (χ2v) is 8.31. The maximum Gasteiger partial charge on any atom is 0.251 e. The minimum atomic E-state index is -0.357. The van der Waals surface area contributed by atoms with Gasteiger partial charge in [0.1, 0.15) is 0 Å². The van der Waals surface area contributed by atoms with Gasteiger partial charge in [0.15, 0.2) is 0 Å². The number of unbranched alkanes of at least 4 members (excludes halogenated alkanes) is 1. The van der Waals surface area contributed by atoms with Crippen molar-refractivity contribution >= 4 is 5.91 Å². The fraction of sp³-hybridized carbons (Fsp3) is 0.520. The van der Waals surface area contributed by atoms with Crippen molar-refractivity contribution in [2.24, 2.45) is 5.73 Å². The molecule has 1 aromatic heterocycles. The molecule has 0 spiro atoms. The molecule has 154 valence electrons. The fourth-order valence-corrected chi connectivity index (χ4v) is 4.87. The molecule has 4 heteroatoms. The molecule has 1 saturated carbocycles. The van der Waals surface area contributed by atoms with Crippen LogP contribution in [0.5, 0.6) is 0 Å². The van der Waals surface area contributed by atoms with Crippen molar-refractivity contribution in [1.82, 2.24) is 4.57 Å². The van der Waals surface area contributed by atoms with Crippen LogP contribution in [0.2, 0.25) is 0 Å². The number of amides is 1. The first kappa shape index (κ1) is 21.2. The number of benzene rings is 1. The summed E-state index contributed by atoms with van der Waals surface area (Å²) in [5.74, 6) is -0.357. The van der Waals surface area contributed by atoms with Crippen LogP contribution in [0.4, 0.5) is 0 Å². The van der Waals surface area contributed by atoms with Crippen LogP contribution in [0.15, 0.2) is 24.3 Å². The number of nitrogens with zero attached hydrogens (tertiary/aromatic N) is 2. The number of hydrogen-bond donors (Lipinski definition) is 1. The van der Waals surface area contributed by atoms with E-state index in [1.165, 1.54) is 50.6 Å². The molecular formula is C25H33N3O. The zero-order valence-corrected chi connectivity index (χ0v) is 17.8. The summed E-state index contributed by atoms with van der Waals surface area (Å²) in [7, 11) is 0. The minimum Gasteiger partial charge on any atom is -0.366 e. The lowest BCUT2D eigenvalue weighted by Crippen LogP contribution is -2.17. The van der Waals surface area contributed by atoms with Gasteiger partial charge in [-0.2, -0.15) is 5.26 Å². The molecule has 1 heterocycles. The van der Waals surface area contributed by atoms with E-state index in [4.69, 9.17) is 11.0 Å². The Morgan fingerprint density at radius 3 is 2.31 bits per heavy atom. The van der Waals surface area contributed by atoms with E-state index in [-0.39, 0.29) is 5.91 Å². The van der Waals surface area contributed by atoms with Crippen LogP contribution in [0.3, 0.4) is 0 Å². The number of carbonyl (C=O) groups is 1. The highest BCUT2D eigenvalue weighted by molar-refractivity contribution is 6.02. The van der Waals surface area contributed by atoms with Crippen molar-refractivity contribution in [3.63, 3.8) is 0 Å². The Balaban J connectivity index is 2.18. The number of hydrogen-bond acceptors (Lipinski definition) is 2. The largest absolute Gasteiger partial charge is 0.366 e. The van der Waals surface area contributed by atoms with Crippen molar-refractivity contribution in [1.29, 1.82) is 5.26 Å². The molecular weight excluding hydrogens is 358 g/mol. The molecule has 1 amide bonds. The molecule has 3 rings (SSSR count). The first-order chi connectivity index (χ1) is 14.1. The smallest absolute Gasteiger partial charge is 0.251 e. The maximum absolute atomic E-state index is 12.5. The standard InChI is InChI=1S/C25H33N3O/c1-3-4-12-22-24(20-15-13-19(17-26)14-16-20)23(25(27)29)18(2)28(22)21-10-8-6-5-7-9-11-21/h13-16,21H,3-12H2,1-2H3,(H2,27,29). The van der Waals surface area contributed by atoms with Gasteiger partial charge in [-0.25, -0.2) is 0 Å². The molecule has 0 saturated heterocycles. The van der Waals surface area contributed by atoms with Gasteiger partial charge in [0.25, 0.3) is 5.91 Å². The van der Waals surface area contributed by atoms with Crippen molar-refractivity contribution < 1.29 is 4.79 Å².